The lowest BCUT2D eigenvalue weighted by Crippen LogP contribution is -2.08. The van der Waals surface area contributed by atoms with Crippen molar-refractivity contribution < 1.29 is 24.0 Å². The number of hydrogen-bond donors (Lipinski definition) is 0. The standard InChI is InChI=1S/C24H16N2O6/c1-15-5-2-7-17(11-15)22-25-21(24(28)32-22)13-16-6-3-10-20(12-16)31-23(27)18-8-4-9-19(14-18)26(29)30/h2-14H,1H3/b21-13+. The van der Waals surface area contributed by atoms with Gasteiger partial charge in [-0.1, -0.05) is 35.9 Å². The van der Waals surface area contributed by atoms with E-state index in [0.29, 0.717) is 11.1 Å². The van der Waals surface area contributed by atoms with Gasteiger partial charge in [-0.25, -0.2) is 14.6 Å². The van der Waals surface area contributed by atoms with E-state index in [1.165, 1.54) is 24.3 Å². The number of hydrogen-bond acceptors (Lipinski definition) is 7. The number of esters is 2. The number of nitrogens with zero attached hydrogens (tertiary/aromatic N) is 2. The molecule has 8 nitrogen and oxygen atoms in total. The lowest BCUT2D eigenvalue weighted by atomic mass is 10.1. The van der Waals surface area contributed by atoms with Crippen molar-refractivity contribution in [2.45, 2.75) is 6.92 Å². The zero-order chi connectivity index (χ0) is 22.7. The predicted molar refractivity (Wildman–Crippen MR) is 116 cm³/mol. The molecule has 3 aromatic rings. The van der Waals surface area contributed by atoms with Gasteiger partial charge in [0, 0.05) is 17.7 Å². The minimum absolute atomic E-state index is 0.0507. The third-order valence-electron chi connectivity index (χ3n) is 4.55. The first-order valence-corrected chi connectivity index (χ1v) is 9.55. The molecule has 0 radical (unpaired) electrons. The maximum atomic E-state index is 12.4. The van der Waals surface area contributed by atoms with E-state index in [4.69, 9.17) is 9.47 Å². The van der Waals surface area contributed by atoms with Crippen molar-refractivity contribution in [2.24, 2.45) is 4.99 Å². The van der Waals surface area contributed by atoms with E-state index in [1.807, 2.05) is 25.1 Å². The number of rotatable bonds is 5. The van der Waals surface area contributed by atoms with E-state index < -0.39 is 16.9 Å². The highest BCUT2D eigenvalue weighted by molar-refractivity contribution is 6.12. The first-order valence-electron chi connectivity index (χ1n) is 9.55. The van der Waals surface area contributed by atoms with Crippen LogP contribution in [0.4, 0.5) is 5.69 Å². The Labute approximate surface area is 182 Å². The maximum absolute atomic E-state index is 12.4. The van der Waals surface area contributed by atoms with Crippen molar-refractivity contribution in [1.29, 1.82) is 0 Å². The van der Waals surface area contributed by atoms with Crippen LogP contribution in [0.1, 0.15) is 27.0 Å². The fourth-order valence-corrected chi connectivity index (χ4v) is 3.05. The van der Waals surface area contributed by atoms with Crippen molar-refractivity contribution in [1.82, 2.24) is 0 Å². The van der Waals surface area contributed by atoms with Gasteiger partial charge in [0.2, 0.25) is 5.90 Å². The van der Waals surface area contributed by atoms with Crippen LogP contribution >= 0.6 is 0 Å². The van der Waals surface area contributed by atoms with Gasteiger partial charge in [0.05, 0.1) is 10.5 Å². The maximum Gasteiger partial charge on any atom is 0.363 e. The van der Waals surface area contributed by atoms with Crippen LogP contribution in [0.2, 0.25) is 0 Å². The molecule has 32 heavy (non-hydrogen) atoms. The Morgan fingerprint density at radius 3 is 2.62 bits per heavy atom. The van der Waals surface area contributed by atoms with E-state index >= 15 is 0 Å². The van der Waals surface area contributed by atoms with E-state index in [0.717, 1.165) is 11.6 Å². The van der Waals surface area contributed by atoms with Gasteiger partial charge in [0.15, 0.2) is 5.70 Å². The fraction of sp³-hybridized carbons (Fsp3) is 0.0417. The molecular formula is C24H16N2O6. The Kier molecular flexibility index (Phi) is 5.59. The molecule has 1 aliphatic rings. The number of aliphatic imine (C=N–C) groups is 1. The Morgan fingerprint density at radius 2 is 1.84 bits per heavy atom. The smallest absolute Gasteiger partial charge is 0.363 e. The molecule has 0 aromatic heterocycles. The number of non-ortho nitro benzene ring substituents is 1. The topological polar surface area (TPSA) is 108 Å². The summed E-state index contributed by atoms with van der Waals surface area (Å²) in [6.07, 6.45) is 1.52. The van der Waals surface area contributed by atoms with Crippen LogP contribution in [-0.4, -0.2) is 22.8 Å². The average molecular weight is 428 g/mol. The molecule has 1 heterocycles. The van der Waals surface area contributed by atoms with E-state index in [-0.39, 0.29) is 28.6 Å². The monoisotopic (exact) mass is 428 g/mol. The van der Waals surface area contributed by atoms with E-state index in [9.17, 15) is 19.7 Å². The summed E-state index contributed by atoms with van der Waals surface area (Å²) in [5.74, 6) is -0.887. The van der Waals surface area contributed by atoms with Crippen LogP contribution in [0.15, 0.2) is 83.5 Å². The first-order chi connectivity index (χ1) is 15.4. The Morgan fingerprint density at radius 1 is 1.06 bits per heavy atom. The SMILES string of the molecule is Cc1cccc(C2=N/C(=C/c3cccc(OC(=O)c4cccc([N+](=O)[O-])c4)c3)C(=O)O2)c1. The van der Waals surface area contributed by atoms with Gasteiger partial charge in [0.25, 0.3) is 5.69 Å². The summed E-state index contributed by atoms with van der Waals surface area (Å²) in [4.78, 5) is 39.2. The number of cyclic esters (lactones) is 1. The van der Waals surface area contributed by atoms with Crippen molar-refractivity contribution in [3.8, 4) is 5.75 Å². The van der Waals surface area contributed by atoms with Crippen molar-refractivity contribution in [3.63, 3.8) is 0 Å². The lowest BCUT2D eigenvalue weighted by Gasteiger charge is -2.05. The minimum atomic E-state index is -0.737. The van der Waals surface area contributed by atoms with Gasteiger partial charge in [-0.2, -0.15) is 0 Å². The second kappa shape index (κ2) is 8.65. The van der Waals surface area contributed by atoms with Crippen LogP contribution in [0.25, 0.3) is 6.08 Å². The number of ether oxygens (including phenoxy) is 2. The molecule has 0 amide bonds. The molecule has 1 aliphatic heterocycles. The molecule has 0 saturated heterocycles. The second-order valence-electron chi connectivity index (χ2n) is 6.97. The Hall–Kier alpha value is -4.59. The van der Waals surface area contributed by atoms with E-state index in [1.54, 1.807) is 30.3 Å². The molecule has 3 aromatic carbocycles. The predicted octanol–water partition coefficient (Wildman–Crippen LogP) is 4.47. The van der Waals surface area contributed by atoms with Crippen LogP contribution in [0.5, 0.6) is 5.75 Å². The highest BCUT2D eigenvalue weighted by Crippen LogP contribution is 2.23. The van der Waals surface area contributed by atoms with Crippen LogP contribution in [0, 0.1) is 17.0 Å². The zero-order valence-corrected chi connectivity index (χ0v) is 16.8. The second-order valence-corrected chi connectivity index (χ2v) is 6.97. The van der Waals surface area contributed by atoms with Gasteiger partial charge >= 0.3 is 11.9 Å². The summed E-state index contributed by atoms with van der Waals surface area (Å²) in [6, 6.07) is 19.2. The third kappa shape index (κ3) is 4.59. The number of carbonyl (C=O) groups excluding carboxylic acids is 2. The molecule has 4 rings (SSSR count). The molecule has 0 saturated carbocycles. The summed E-state index contributed by atoms with van der Waals surface area (Å²) >= 11 is 0. The normalized spacial score (nSPS) is 14.1. The minimum Gasteiger partial charge on any atom is -0.423 e. The number of benzene rings is 3. The lowest BCUT2D eigenvalue weighted by molar-refractivity contribution is -0.384. The Bertz CT molecular complexity index is 1310. The fourth-order valence-electron chi connectivity index (χ4n) is 3.05. The highest BCUT2D eigenvalue weighted by Gasteiger charge is 2.24. The quantitative estimate of drug-likeness (QED) is 0.195. The van der Waals surface area contributed by atoms with Crippen molar-refractivity contribution in [2.75, 3.05) is 0 Å². The van der Waals surface area contributed by atoms with Gasteiger partial charge in [-0.3, -0.25) is 10.1 Å². The van der Waals surface area contributed by atoms with Crippen LogP contribution in [0.3, 0.4) is 0 Å². The molecule has 0 bridgehead atoms. The molecule has 0 atom stereocenters. The van der Waals surface area contributed by atoms with Gasteiger partial charge in [-0.15, -0.1) is 0 Å². The van der Waals surface area contributed by atoms with Crippen LogP contribution < -0.4 is 4.74 Å². The summed E-state index contributed by atoms with van der Waals surface area (Å²) < 4.78 is 10.6. The average Bonchev–Trinajstić information content (AvgIpc) is 3.14. The molecule has 0 unspecified atom stereocenters. The van der Waals surface area contributed by atoms with E-state index in [2.05, 4.69) is 4.99 Å². The third-order valence-corrected chi connectivity index (χ3v) is 4.55. The molecule has 0 fully saturated rings. The zero-order valence-electron chi connectivity index (χ0n) is 16.8. The first kappa shape index (κ1) is 20.7. The van der Waals surface area contributed by atoms with Crippen LogP contribution in [-0.2, 0) is 9.53 Å². The number of carbonyl (C=O) groups is 2. The highest BCUT2D eigenvalue weighted by atomic mass is 16.6. The molecule has 0 spiro atoms. The molecule has 158 valence electrons. The number of nitro groups is 1. The largest absolute Gasteiger partial charge is 0.423 e. The summed E-state index contributed by atoms with van der Waals surface area (Å²) in [5.41, 5.74) is 2.23. The number of aryl methyl sites for hydroxylation is 1. The molecule has 0 N–H and O–H groups in total. The summed E-state index contributed by atoms with van der Waals surface area (Å²) in [7, 11) is 0. The van der Waals surface area contributed by atoms with Crippen molar-refractivity contribution >= 4 is 29.6 Å². The molecular weight excluding hydrogens is 412 g/mol. The van der Waals surface area contributed by atoms with Crippen molar-refractivity contribution in [3.05, 3.63) is 111 Å². The molecule has 8 heteroatoms. The summed E-state index contributed by atoms with van der Waals surface area (Å²) in [6.45, 7) is 1.93. The van der Waals surface area contributed by atoms with Gasteiger partial charge in [-0.05, 0) is 48.9 Å². The molecule has 0 aliphatic carbocycles. The number of nitro benzene ring substituents is 1. The Balaban J connectivity index is 1.55. The van der Waals surface area contributed by atoms with Gasteiger partial charge in [0.1, 0.15) is 5.75 Å². The summed E-state index contributed by atoms with van der Waals surface area (Å²) in [5, 5.41) is 10.9. The van der Waals surface area contributed by atoms with Gasteiger partial charge < -0.3 is 9.47 Å².